The van der Waals surface area contributed by atoms with Gasteiger partial charge in [-0.2, -0.15) is 0 Å². The number of amides is 1. The summed E-state index contributed by atoms with van der Waals surface area (Å²) in [4.78, 5) is 21.6. The van der Waals surface area contributed by atoms with Gasteiger partial charge in [-0.15, -0.1) is 0 Å². The van der Waals surface area contributed by atoms with Crippen molar-refractivity contribution in [2.75, 3.05) is 26.2 Å². The second kappa shape index (κ2) is 10.1. The summed E-state index contributed by atoms with van der Waals surface area (Å²) in [5, 5.41) is 3.08. The summed E-state index contributed by atoms with van der Waals surface area (Å²) in [7, 11) is 0. The summed E-state index contributed by atoms with van der Waals surface area (Å²) >= 11 is 0. The Bertz CT molecular complexity index is 823. The molecule has 2 aromatic rings. The quantitative estimate of drug-likeness (QED) is 0.795. The first kappa shape index (κ1) is 20.9. The van der Waals surface area contributed by atoms with Gasteiger partial charge in [-0.25, -0.2) is 4.39 Å². The van der Waals surface area contributed by atoms with Crippen molar-refractivity contribution in [3.05, 3.63) is 65.7 Å². The van der Waals surface area contributed by atoms with Gasteiger partial charge in [0.1, 0.15) is 5.82 Å². The van der Waals surface area contributed by atoms with Gasteiger partial charge in [0.2, 0.25) is 5.91 Å². The van der Waals surface area contributed by atoms with Gasteiger partial charge in [-0.05, 0) is 63.0 Å². The molecule has 0 saturated carbocycles. The van der Waals surface area contributed by atoms with Crippen LogP contribution in [0.15, 0.2) is 48.8 Å². The van der Waals surface area contributed by atoms with Crippen molar-refractivity contribution in [1.29, 1.82) is 0 Å². The number of aromatic nitrogens is 1. The summed E-state index contributed by atoms with van der Waals surface area (Å²) < 4.78 is 13.9. The van der Waals surface area contributed by atoms with E-state index in [1.54, 1.807) is 18.5 Å². The van der Waals surface area contributed by atoms with E-state index in [1.807, 2.05) is 24.3 Å². The molecule has 0 bridgehead atoms. The molecule has 0 aliphatic carbocycles. The van der Waals surface area contributed by atoms with Crippen molar-refractivity contribution in [2.24, 2.45) is 5.92 Å². The van der Waals surface area contributed by atoms with Crippen molar-refractivity contribution in [3.8, 4) is 0 Å². The van der Waals surface area contributed by atoms with E-state index in [4.69, 9.17) is 0 Å². The number of hydrogen-bond donors (Lipinski definition) is 1. The molecule has 1 aromatic heterocycles. The molecular weight excluding hydrogens is 379 g/mol. The highest BCUT2D eigenvalue weighted by molar-refractivity contribution is 5.78. The smallest absolute Gasteiger partial charge is 0.224 e. The van der Waals surface area contributed by atoms with Crippen molar-refractivity contribution in [2.45, 2.75) is 44.8 Å². The lowest BCUT2D eigenvalue weighted by Gasteiger charge is -2.42. The lowest BCUT2D eigenvalue weighted by molar-refractivity contribution is -0.127. The standard InChI is InChI=1S/C24H31FN4O/c25-23-8-2-1-6-20(23)17-28-13-9-22(10-14-28)29-12-4-7-21(18-29)24(30)27-16-19-5-3-11-26-15-19/h1-3,5-6,8,11,15,21-22H,4,7,9-10,12-14,16-18H2,(H,27,30). The third-order valence-corrected chi connectivity index (χ3v) is 6.44. The van der Waals surface area contributed by atoms with Crippen LogP contribution in [0.1, 0.15) is 36.8 Å². The molecule has 6 heteroatoms. The van der Waals surface area contributed by atoms with Gasteiger partial charge in [0, 0.05) is 43.6 Å². The van der Waals surface area contributed by atoms with Crippen LogP contribution < -0.4 is 5.32 Å². The molecule has 30 heavy (non-hydrogen) atoms. The number of likely N-dealkylation sites (tertiary alicyclic amines) is 2. The molecule has 3 heterocycles. The fraction of sp³-hybridized carbons (Fsp3) is 0.500. The number of carbonyl (C=O) groups excluding carboxylic acids is 1. The maximum Gasteiger partial charge on any atom is 0.224 e. The van der Waals surface area contributed by atoms with Gasteiger partial charge in [0.15, 0.2) is 0 Å². The minimum Gasteiger partial charge on any atom is -0.352 e. The van der Waals surface area contributed by atoms with Crippen LogP contribution in [0.2, 0.25) is 0 Å². The van der Waals surface area contributed by atoms with Crippen LogP contribution in [0, 0.1) is 11.7 Å². The second-order valence-electron chi connectivity index (χ2n) is 8.51. The number of pyridine rings is 1. The van der Waals surface area contributed by atoms with Crippen LogP contribution in [0.5, 0.6) is 0 Å². The fourth-order valence-electron chi connectivity index (χ4n) is 4.70. The van der Waals surface area contributed by atoms with Gasteiger partial charge in [-0.3, -0.25) is 19.6 Å². The van der Waals surface area contributed by atoms with Crippen LogP contribution in [0.3, 0.4) is 0 Å². The van der Waals surface area contributed by atoms with Gasteiger partial charge >= 0.3 is 0 Å². The monoisotopic (exact) mass is 410 g/mol. The first-order valence-corrected chi connectivity index (χ1v) is 11.1. The van der Waals surface area contributed by atoms with E-state index in [9.17, 15) is 9.18 Å². The predicted octanol–water partition coefficient (Wildman–Crippen LogP) is 3.21. The number of nitrogens with zero attached hydrogens (tertiary/aromatic N) is 3. The summed E-state index contributed by atoms with van der Waals surface area (Å²) in [5.74, 6) is 0.100. The molecule has 2 aliphatic rings. The topological polar surface area (TPSA) is 48.5 Å². The van der Waals surface area contributed by atoms with Crippen molar-refractivity contribution in [1.82, 2.24) is 20.1 Å². The Balaban J connectivity index is 1.24. The molecule has 0 radical (unpaired) electrons. The molecule has 2 aliphatic heterocycles. The lowest BCUT2D eigenvalue weighted by atomic mass is 9.93. The maximum atomic E-state index is 13.9. The number of hydrogen-bond acceptors (Lipinski definition) is 4. The van der Waals surface area contributed by atoms with E-state index < -0.39 is 0 Å². The first-order valence-electron chi connectivity index (χ1n) is 11.1. The van der Waals surface area contributed by atoms with Crippen LogP contribution in [-0.2, 0) is 17.9 Å². The van der Waals surface area contributed by atoms with Crippen LogP contribution in [0.4, 0.5) is 4.39 Å². The molecule has 1 atom stereocenters. The minimum atomic E-state index is -0.115. The predicted molar refractivity (Wildman–Crippen MR) is 115 cm³/mol. The van der Waals surface area contributed by atoms with Crippen LogP contribution in [0.25, 0.3) is 0 Å². The highest BCUT2D eigenvalue weighted by Crippen LogP contribution is 2.25. The number of halogens is 1. The Morgan fingerprint density at radius 3 is 2.70 bits per heavy atom. The Morgan fingerprint density at radius 1 is 1.10 bits per heavy atom. The third-order valence-electron chi connectivity index (χ3n) is 6.44. The first-order chi connectivity index (χ1) is 14.7. The molecule has 0 spiro atoms. The van der Waals surface area contributed by atoms with Gasteiger partial charge in [0.25, 0.3) is 0 Å². The zero-order valence-corrected chi connectivity index (χ0v) is 17.5. The molecule has 1 N–H and O–H groups in total. The molecule has 1 amide bonds. The van der Waals surface area contributed by atoms with E-state index in [-0.39, 0.29) is 17.6 Å². The van der Waals surface area contributed by atoms with E-state index in [0.717, 1.165) is 63.0 Å². The third kappa shape index (κ3) is 5.43. The Hall–Kier alpha value is -2.31. The normalized spacial score (nSPS) is 21.4. The largest absolute Gasteiger partial charge is 0.352 e. The van der Waals surface area contributed by atoms with Crippen molar-refractivity contribution < 1.29 is 9.18 Å². The maximum absolute atomic E-state index is 13.9. The fourth-order valence-corrected chi connectivity index (χ4v) is 4.70. The summed E-state index contributed by atoms with van der Waals surface area (Å²) in [6, 6.07) is 11.5. The average Bonchev–Trinajstić information content (AvgIpc) is 2.80. The number of carbonyl (C=O) groups is 1. The zero-order chi connectivity index (χ0) is 20.8. The molecule has 160 valence electrons. The van der Waals surface area contributed by atoms with Gasteiger partial charge in [-0.1, -0.05) is 24.3 Å². The van der Waals surface area contributed by atoms with E-state index in [2.05, 4.69) is 20.1 Å². The number of rotatable bonds is 6. The summed E-state index contributed by atoms with van der Waals surface area (Å²) in [6.45, 7) is 5.10. The Labute approximate surface area is 178 Å². The number of nitrogens with one attached hydrogen (secondary N) is 1. The highest BCUT2D eigenvalue weighted by atomic mass is 19.1. The molecule has 1 unspecified atom stereocenters. The summed E-state index contributed by atoms with van der Waals surface area (Å²) in [5.41, 5.74) is 1.81. The lowest BCUT2D eigenvalue weighted by Crippen LogP contribution is -2.50. The number of piperidine rings is 2. The average molecular weight is 411 g/mol. The minimum absolute atomic E-state index is 0.0619. The SMILES string of the molecule is O=C(NCc1cccnc1)C1CCCN(C2CCN(Cc3ccccc3F)CC2)C1. The van der Waals surface area contributed by atoms with E-state index in [1.165, 1.54) is 6.07 Å². The van der Waals surface area contributed by atoms with Crippen molar-refractivity contribution >= 4 is 5.91 Å². The van der Waals surface area contributed by atoms with Gasteiger partial charge in [0.05, 0.1) is 5.92 Å². The molecular formula is C24H31FN4O. The molecule has 1 aromatic carbocycles. The second-order valence-corrected chi connectivity index (χ2v) is 8.51. The van der Waals surface area contributed by atoms with E-state index in [0.29, 0.717) is 19.1 Å². The highest BCUT2D eigenvalue weighted by Gasteiger charge is 2.31. The van der Waals surface area contributed by atoms with Crippen molar-refractivity contribution in [3.63, 3.8) is 0 Å². The number of benzene rings is 1. The summed E-state index contributed by atoms with van der Waals surface area (Å²) in [6.07, 6.45) is 7.73. The Kier molecular flexibility index (Phi) is 7.07. The van der Waals surface area contributed by atoms with Crippen LogP contribution in [-0.4, -0.2) is 52.9 Å². The van der Waals surface area contributed by atoms with Crippen LogP contribution >= 0.6 is 0 Å². The molecule has 4 rings (SSSR count). The zero-order valence-electron chi connectivity index (χ0n) is 17.5. The molecule has 2 saturated heterocycles. The molecule has 2 fully saturated rings. The Morgan fingerprint density at radius 2 is 1.93 bits per heavy atom. The van der Waals surface area contributed by atoms with Gasteiger partial charge < -0.3 is 5.32 Å². The molecule has 5 nitrogen and oxygen atoms in total. The van der Waals surface area contributed by atoms with E-state index >= 15 is 0 Å².